The lowest BCUT2D eigenvalue weighted by atomic mass is 10.1. The topological polar surface area (TPSA) is 79.8 Å². The van der Waals surface area contributed by atoms with Crippen LogP contribution in [0.1, 0.15) is 17.0 Å². The van der Waals surface area contributed by atoms with Crippen LogP contribution >= 0.6 is 0 Å². The quantitative estimate of drug-likeness (QED) is 0.742. The fourth-order valence-electron chi connectivity index (χ4n) is 2.86. The molecule has 1 aromatic carbocycles. The second-order valence-corrected chi connectivity index (χ2v) is 6.01. The van der Waals surface area contributed by atoms with Gasteiger partial charge in [-0.15, -0.1) is 0 Å². The molecule has 7 heteroatoms. The van der Waals surface area contributed by atoms with Crippen LogP contribution in [0.5, 0.6) is 0 Å². The highest BCUT2D eigenvalue weighted by molar-refractivity contribution is 5.83. The van der Waals surface area contributed by atoms with Crippen LogP contribution in [0.2, 0.25) is 0 Å². The van der Waals surface area contributed by atoms with Gasteiger partial charge in [0.1, 0.15) is 12.4 Å². The van der Waals surface area contributed by atoms with Gasteiger partial charge in [-0.25, -0.2) is 9.18 Å². The normalized spacial score (nSPS) is 11.0. The third kappa shape index (κ3) is 3.76. The lowest BCUT2D eigenvalue weighted by Gasteiger charge is -2.10. The van der Waals surface area contributed by atoms with Crippen LogP contribution < -0.4 is 11.0 Å². The van der Waals surface area contributed by atoms with E-state index in [1.165, 1.54) is 16.7 Å². The Hall–Kier alpha value is -2.96. The zero-order valence-corrected chi connectivity index (χ0v) is 14.1. The Morgan fingerprint density at radius 3 is 2.88 bits per heavy atom. The van der Waals surface area contributed by atoms with Gasteiger partial charge in [-0.1, -0.05) is 0 Å². The van der Waals surface area contributed by atoms with Crippen LogP contribution in [-0.4, -0.2) is 27.0 Å². The van der Waals surface area contributed by atoms with Crippen molar-refractivity contribution in [1.82, 2.24) is 19.9 Å². The summed E-state index contributed by atoms with van der Waals surface area (Å²) < 4.78 is 14.7. The monoisotopic (exact) mass is 342 g/mol. The van der Waals surface area contributed by atoms with Gasteiger partial charge in [0.25, 0.3) is 0 Å². The highest BCUT2D eigenvalue weighted by atomic mass is 19.1. The molecule has 1 amide bonds. The first kappa shape index (κ1) is 16.9. The minimum Gasteiger partial charge on any atom is -0.361 e. The number of hydrogen-bond acceptors (Lipinski definition) is 3. The summed E-state index contributed by atoms with van der Waals surface area (Å²) in [6.07, 6.45) is 2.38. The summed E-state index contributed by atoms with van der Waals surface area (Å²) in [6, 6.07) is 6.32. The number of fused-ring (bicyclic) bond motifs is 1. The summed E-state index contributed by atoms with van der Waals surface area (Å²) >= 11 is 0. The number of aryl methyl sites for hydroxylation is 2. The minimum absolute atomic E-state index is 0.0690. The number of aromatic nitrogens is 3. The molecule has 2 aromatic heterocycles. The molecule has 0 aliphatic heterocycles. The summed E-state index contributed by atoms with van der Waals surface area (Å²) in [5, 5.41) is 3.59. The van der Waals surface area contributed by atoms with Gasteiger partial charge in [-0.2, -0.15) is 4.98 Å². The minimum atomic E-state index is -0.431. The SMILES string of the molecule is Cc1cc(C)n(CC(=O)NCCc2c[nH]c3ccc(F)cc23)c(=O)n1. The van der Waals surface area contributed by atoms with Crippen molar-refractivity contribution in [3.05, 3.63) is 63.7 Å². The fourth-order valence-corrected chi connectivity index (χ4v) is 2.86. The Kier molecular flexibility index (Phi) is 4.65. The Morgan fingerprint density at radius 1 is 1.32 bits per heavy atom. The second-order valence-electron chi connectivity index (χ2n) is 6.01. The largest absolute Gasteiger partial charge is 0.361 e. The number of rotatable bonds is 5. The predicted octanol–water partition coefficient (Wildman–Crippen LogP) is 1.84. The van der Waals surface area contributed by atoms with E-state index in [9.17, 15) is 14.0 Å². The molecule has 3 aromatic rings. The third-order valence-corrected chi connectivity index (χ3v) is 4.09. The lowest BCUT2D eigenvalue weighted by molar-refractivity contribution is -0.121. The lowest BCUT2D eigenvalue weighted by Crippen LogP contribution is -2.35. The van der Waals surface area contributed by atoms with E-state index < -0.39 is 5.69 Å². The maximum atomic E-state index is 13.4. The van der Waals surface area contributed by atoms with Gasteiger partial charge >= 0.3 is 5.69 Å². The molecule has 0 aliphatic carbocycles. The van der Waals surface area contributed by atoms with Gasteiger partial charge in [0, 0.05) is 35.0 Å². The predicted molar refractivity (Wildman–Crippen MR) is 92.9 cm³/mol. The Balaban J connectivity index is 1.61. The van der Waals surface area contributed by atoms with E-state index in [-0.39, 0.29) is 18.3 Å². The van der Waals surface area contributed by atoms with Crippen molar-refractivity contribution < 1.29 is 9.18 Å². The number of nitrogens with one attached hydrogen (secondary N) is 2. The number of hydrogen-bond donors (Lipinski definition) is 2. The van der Waals surface area contributed by atoms with Crippen molar-refractivity contribution in [2.75, 3.05) is 6.54 Å². The Morgan fingerprint density at radius 2 is 2.12 bits per heavy atom. The van der Waals surface area contributed by atoms with Crippen LogP contribution in [-0.2, 0) is 17.8 Å². The molecule has 0 aliphatic rings. The van der Waals surface area contributed by atoms with E-state index in [0.717, 1.165) is 16.5 Å². The summed E-state index contributed by atoms with van der Waals surface area (Å²) in [5.74, 6) is -0.555. The van der Waals surface area contributed by atoms with Gasteiger partial charge in [-0.3, -0.25) is 9.36 Å². The number of carbonyl (C=O) groups is 1. The van der Waals surface area contributed by atoms with Crippen LogP contribution in [0.15, 0.2) is 35.3 Å². The van der Waals surface area contributed by atoms with E-state index in [4.69, 9.17) is 0 Å². The standard InChI is InChI=1S/C18H19FN4O2/c1-11-7-12(2)23(18(25)22-11)10-17(24)20-6-5-13-9-21-16-4-3-14(19)8-15(13)16/h3-4,7-9,21H,5-6,10H2,1-2H3,(H,20,24). The first-order chi connectivity index (χ1) is 11.9. The molecule has 0 fully saturated rings. The van der Waals surface area contributed by atoms with Crippen molar-refractivity contribution in [3.8, 4) is 0 Å². The molecule has 25 heavy (non-hydrogen) atoms. The molecular weight excluding hydrogens is 323 g/mol. The maximum Gasteiger partial charge on any atom is 0.348 e. The Labute approximate surface area is 143 Å². The van der Waals surface area contributed by atoms with Crippen LogP contribution in [0, 0.1) is 19.7 Å². The molecule has 0 radical (unpaired) electrons. The van der Waals surface area contributed by atoms with Crippen molar-refractivity contribution in [2.45, 2.75) is 26.8 Å². The number of carbonyl (C=O) groups excluding carboxylic acids is 1. The highest BCUT2D eigenvalue weighted by Gasteiger charge is 2.09. The number of benzene rings is 1. The smallest absolute Gasteiger partial charge is 0.348 e. The highest BCUT2D eigenvalue weighted by Crippen LogP contribution is 2.19. The number of H-pyrrole nitrogens is 1. The average molecular weight is 342 g/mol. The zero-order chi connectivity index (χ0) is 18.0. The number of amides is 1. The molecule has 0 unspecified atom stereocenters. The molecule has 0 saturated carbocycles. The fraction of sp³-hybridized carbons (Fsp3) is 0.278. The summed E-state index contributed by atoms with van der Waals surface area (Å²) in [6.45, 7) is 3.84. The average Bonchev–Trinajstić information content (AvgIpc) is 2.93. The molecule has 0 atom stereocenters. The molecular formula is C18H19FN4O2. The maximum absolute atomic E-state index is 13.4. The molecule has 0 spiro atoms. The molecule has 130 valence electrons. The zero-order valence-electron chi connectivity index (χ0n) is 14.1. The Bertz CT molecular complexity index is 990. The van der Waals surface area contributed by atoms with E-state index in [1.54, 1.807) is 26.0 Å². The first-order valence-corrected chi connectivity index (χ1v) is 8.01. The van der Waals surface area contributed by atoms with E-state index >= 15 is 0 Å². The van der Waals surface area contributed by atoms with Gasteiger partial charge < -0.3 is 10.3 Å². The summed E-state index contributed by atoms with van der Waals surface area (Å²) in [7, 11) is 0. The molecule has 3 rings (SSSR count). The number of nitrogens with zero attached hydrogens (tertiary/aromatic N) is 2. The number of halogens is 1. The van der Waals surface area contributed by atoms with E-state index in [2.05, 4.69) is 15.3 Å². The van der Waals surface area contributed by atoms with Gasteiger partial charge in [0.2, 0.25) is 5.91 Å². The summed E-state index contributed by atoms with van der Waals surface area (Å²) in [4.78, 5) is 30.9. The second kappa shape index (κ2) is 6.88. The number of aromatic amines is 1. The third-order valence-electron chi connectivity index (χ3n) is 4.09. The van der Waals surface area contributed by atoms with Crippen molar-refractivity contribution in [3.63, 3.8) is 0 Å². The van der Waals surface area contributed by atoms with Crippen LogP contribution in [0.25, 0.3) is 10.9 Å². The first-order valence-electron chi connectivity index (χ1n) is 8.01. The van der Waals surface area contributed by atoms with Crippen LogP contribution in [0.4, 0.5) is 4.39 Å². The van der Waals surface area contributed by atoms with E-state index in [1.807, 2.05) is 6.20 Å². The van der Waals surface area contributed by atoms with Crippen molar-refractivity contribution in [2.24, 2.45) is 0 Å². The van der Waals surface area contributed by atoms with Gasteiger partial charge in [0.15, 0.2) is 0 Å². The van der Waals surface area contributed by atoms with Crippen LogP contribution in [0.3, 0.4) is 0 Å². The molecule has 0 bridgehead atoms. The van der Waals surface area contributed by atoms with Crippen molar-refractivity contribution in [1.29, 1.82) is 0 Å². The van der Waals surface area contributed by atoms with Gasteiger partial charge in [0.05, 0.1) is 0 Å². The summed E-state index contributed by atoms with van der Waals surface area (Å²) in [5.41, 5.74) is 2.68. The van der Waals surface area contributed by atoms with Gasteiger partial charge in [-0.05, 0) is 50.1 Å². The van der Waals surface area contributed by atoms with E-state index in [0.29, 0.717) is 24.4 Å². The molecule has 2 heterocycles. The molecule has 6 nitrogen and oxygen atoms in total. The van der Waals surface area contributed by atoms with Crippen molar-refractivity contribution >= 4 is 16.8 Å². The molecule has 2 N–H and O–H groups in total. The molecule has 0 saturated heterocycles.